The van der Waals surface area contributed by atoms with Crippen LogP contribution in [0.5, 0.6) is 0 Å². The molecule has 0 aliphatic rings. The van der Waals surface area contributed by atoms with Crippen molar-refractivity contribution in [1.82, 2.24) is 14.8 Å². The molecule has 0 amide bonds. The molecule has 0 N–H and O–H groups in total. The second-order valence-corrected chi connectivity index (χ2v) is 10.2. The minimum absolute atomic E-state index is 0.0163. The number of aromatic nitrogens is 3. The van der Waals surface area contributed by atoms with Gasteiger partial charge in [-0.3, -0.25) is 4.68 Å². The van der Waals surface area contributed by atoms with E-state index in [1.54, 1.807) is 6.33 Å². The van der Waals surface area contributed by atoms with Gasteiger partial charge in [-0.2, -0.15) is 5.10 Å². The third-order valence-electron chi connectivity index (χ3n) is 6.07. The molecule has 172 valence electrons. The van der Waals surface area contributed by atoms with E-state index in [1.807, 2.05) is 47.4 Å². The molecule has 1 aromatic heterocycles. The zero-order chi connectivity index (χ0) is 24.1. The molecule has 0 saturated carbocycles. The first-order valence-electron chi connectivity index (χ1n) is 12.1. The van der Waals surface area contributed by atoms with Crippen molar-refractivity contribution in [2.24, 2.45) is 0 Å². The first kappa shape index (κ1) is 24.4. The van der Waals surface area contributed by atoms with Gasteiger partial charge in [0.05, 0.1) is 7.85 Å². The Kier molecular flexibility index (Phi) is 9.25. The fourth-order valence-corrected chi connectivity index (χ4v) is 6.03. The Morgan fingerprint density at radius 2 is 1.06 bits per heavy atom. The van der Waals surface area contributed by atoms with Crippen LogP contribution in [-0.4, -0.2) is 32.1 Å². The molecule has 0 spiro atoms. The third kappa shape index (κ3) is 7.39. The van der Waals surface area contributed by atoms with Crippen molar-refractivity contribution in [3.63, 3.8) is 0 Å². The van der Waals surface area contributed by atoms with E-state index in [0.717, 1.165) is 17.3 Å². The maximum atomic E-state index is 6.12. The topological polar surface area (TPSA) is 30.7 Å². The van der Waals surface area contributed by atoms with Gasteiger partial charge in [0.1, 0.15) is 12.7 Å². The number of rotatable bonds is 8. The zero-order valence-electron chi connectivity index (χ0n) is 19.9. The monoisotopic (exact) mass is 471 g/mol. The SMILES string of the molecule is [B]C(c1ccccc1)c1ccccc1.c1ccc(C(C[SiH2]Cn2cncn2)c2ccccc2)cc1. The summed E-state index contributed by atoms with van der Waals surface area (Å²) >= 11 is 0. The van der Waals surface area contributed by atoms with Crippen LogP contribution in [0.1, 0.15) is 34.0 Å². The Hall–Kier alpha value is -3.70. The van der Waals surface area contributed by atoms with E-state index in [4.69, 9.17) is 7.85 Å². The summed E-state index contributed by atoms with van der Waals surface area (Å²) < 4.78 is 1.96. The third-order valence-corrected chi connectivity index (χ3v) is 7.83. The van der Waals surface area contributed by atoms with Crippen LogP contribution in [0.3, 0.4) is 0 Å². The predicted molar refractivity (Wildman–Crippen MR) is 149 cm³/mol. The molecule has 5 aromatic rings. The summed E-state index contributed by atoms with van der Waals surface area (Å²) in [4.78, 5) is 4.01. The molecule has 1 heterocycles. The molecule has 0 unspecified atom stereocenters. The van der Waals surface area contributed by atoms with Gasteiger partial charge in [-0.15, -0.1) is 0 Å². The molecule has 3 nitrogen and oxygen atoms in total. The van der Waals surface area contributed by atoms with Gasteiger partial charge in [-0.1, -0.05) is 127 Å². The van der Waals surface area contributed by atoms with Crippen LogP contribution in [-0.2, 0) is 6.17 Å². The van der Waals surface area contributed by atoms with Crippen molar-refractivity contribution in [3.05, 3.63) is 156 Å². The Morgan fingerprint density at radius 1 is 0.629 bits per heavy atom. The van der Waals surface area contributed by atoms with Crippen LogP contribution in [0, 0.1) is 0 Å². The predicted octanol–water partition coefficient (Wildman–Crippen LogP) is 5.60. The quantitative estimate of drug-likeness (QED) is 0.276. The average molecular weight is 471 g/mol. The lowest BCUT2D eigenvalue weighted by Crippen LogP contribution is -2.11. The number of nitrogens with zero attached hydrogens (tertiary/aromatic N) is 3. The Balaban J connectivity index is 0.000000179. The minimum Gasteiger partial charge on any atom is -0.257 e. The minimum atomic E-state index is -0.232. The lowest BCUT2D eigenvalue weighted by molar-refractivity contribution is 0.729. The largest absolute Gasteiger partial charge is 0.257 e. The van der Waals surface area contributed by atoms with Gasteiger partial charge in [0.25, 0.3) is 0 Å². The summed E-state index contributed by atoms with van der Waals surface area (Å²) in [5.41, 5.74) is 5.13. The van der Waals surface area contributed by atoms with Crippen LogP contribution < -0.4 is 0 Å². The van der Waals surface area contributed by atoms with E-state index < -0.39 is 0 Å². The number of benzene rings is 4. The molecule has 0 fully saturated rings. The molecule has 0 saturated heterocycles. The van der Waals surface area contributed by atoms with E-state index in [0.29, 0.717) is 5.92 Å². The maximum Gasteiger partial charge on any atom is 0.137 e. The van der Waals surface area contributed by atoms with Crippen molar-refractivity contribution in [3.8, 4) is 0 Å². The van der Waals surface area contributed by atoms with Crippen molar-refractivity contribution in [2.75, 3.05) is 0 Å². The Labute approximate surface area is 212 Å². The molecule has 4 aromatic carbocycles. The van der Waals surface area contributed by atoms with E-state index in [1.165, 1.54) is 17.2 Å². The molecule has 5 heteroatoms. The van der Waals surface area contributed by atoms with Crippen LogP contribution in [0.25, 0.3) is 0 Å². The zero-order valence-corrected chi connectivity index (χ0v) is 21.3. The normalized spacial score (nSPS) is 11.0. The molecular weight excluding hydrogens is 441 g/mol. The number of hydrogen-bond acceptors (Lipinski definition) is 2. The lowest BCUT2D eigenvalue weighted by atomic mass is 9.76. The summed E-state index contributed by atoms with van der Waals surface area (Å²) in [6, 6.07) is 43.1. The molecule has 0 aliphatic carbocycles. The van der Waals surface area contributed by atoms with E-state index in [9.17, 15) is 0 Å². The van der Waals surface area contributed by atoms with Crippen molar-refractivity contribution in [1.29, 1.82) is 0 Å². The number of hydrogen-bond donors (Lipinski definition) is 0. The fraction of sp³-hybridized carbons (Fsp3) is 0.133. The highest BCUT2D eigenvalue weighted by atomic mass is 28.2. The first-order valence-corrected chi connectivity index (χ1v) is 14.1. The van der Waals surface area contributed by atoms with Gasteiger partial charge in [-0.05, 0) is 28.1 Å². The van der Waals surface area contributed by atoms with Crippen molar-refractivity contribution < 1.29 is 0 Å². The van der Waals surface area contributed by atoms with Gasteiger partial charge >= 0.3 is 0 Å². The van der Waals surface area contributed by atoms with Crippen LogP contribution in [0.2, 0.25) is 6.04 Å². The highest BCUT2D eigenvalue weighted by Crippen LogP contribution is 2.28. The summed E-state index contributed by atoms with van der Waals surface area (Å²) in [7, 11) is 5.88. The molecule has 5 rings (SSSR count). The summed E-state index contributed by atoms with van der Waals surface area (Å²) in [6.07, 6.45) is 4.48. The van der Waals surface area contributed by atoms with Crippen molar-refractivity contribution in [2.45, 2.75) is 23.9 Å². The molecular formula is C30H30BN3Si. The fourth-order valence-electron chi connectivity index (χ4n) is 4.22. The molecule has 35 heavy (non-hydrogen) atoms. The maximum absolute atomic E-state index is 6.12. The standard InChI is InChI=1S/C17H19N3Si.C13H11B/c1-3-7-15(8-4-1)17(16-9-5-2-6-10-16)11-21-14-20-13-18-12-19-20;14-13(11-7-3-1-4-8-11)12-9-5-2-6-10-12/h1-10,12-13,17H,11,14,21H2;1-10,13H. The highest BCUT2D eigenvalue weighted by Gasteiger charge is 2.13. The highest BCUT2D eigenvalue weighted by molar-refractivity contribution is 6.34. The first-order chi connectivity index (χ1) is 17.3. The summed E-state index contributed by atoms with van der Waals surface area (Å²) in [5, 5.41) is 4.20. The second-order valence-electron chi connectivity index (χ2n) is 8.47. The Morgan fingerprint density at radius 3 is 1.46 bits per heavy atom. The lowest BCUT2D eigenvalue weighted by Gasteiger charge is -2.17. The smallest absolute Gasteiger partial charge is 0.137 e. The average Bonchev–Trinajstić information content (AvgIpc) is 3.47. The summed E-state index contributed by atoms with van der Waals surface area (Å²) in [5.74, 6) is 0.486. The van der Waals surface area contributed by atoms with Crippen LogP contribution >= 0.6 is 0 Å². The van der Waals surface area contributed by atoms with E-state index >= 15 is 0 Å². The Bertz CT molecular complexity index is 1140. The molecule has 0 aliphatic heterocycles. The second kappa shape index (κ2) is 13.3. The van der Waals surface area contributed by atoms with Gasteiger partial charge in [-0.25, -0.2) is 4.98 Å². The van der Waals surface area contributed by atoms with Gasteiger partial charge in [0.15, 0.2) is 0 Å². The molecule has 2 radical (unpaired) electrons. The van der Waals surface area contributed by atoms with Crippen LogP contribution in [0.4, 0.5) is 0 Å². The van der Waals surface area contributed by atoms with E-state index in [-0.39, 0.29) is 15.3 Å². The van der Waals surface area contributed by atoms with Gasteiger partial charge in [0.2, 0.25) is 0 Å². The van der Waals surface area contributed by atoms with Gasteiger partial charge < -0.3 is 0 Å². The molecule has 0 atom stereocenters. The van der Waals surface area contributed by atoms with E-state index in [2.05, 4.69) is 95.0 Å². The molecule has 0 bridgehead atoms. The summed E-state index contributed by atoms with van der Waals surface area (Å²) in [6.45, 7) is 0. The van der Waals surface area contributed by atoms with Gasteiger partial charge in [0, 0.05) is 21.6 Å². The van der Waals surface area contributed by atoms with Crippen molar-refractivity contribution >= 4 is 17.4 Å². The van der Waals surface area contributed by atoms with Crippen LogP contribution in [0.15, 0.2) is 134 Å².